The van der Waals surface area contributed by atoms with Crippen LogP contribution in [0.25, 0.3) is 0 Å². The number of benzene rings is 2. The Kier molecular flexibility index (Phi) is 6.37. The average molecular weight is 479 g/mol. The van der Waals surface area contributed by atoms with Crippen molar-refractivity contribution in [1.82, 2.24) is 14.9 Å². The van der Waals surface area contributed by atoms with Gasteiger partial charge in [0, 0.05) is 53.9 Å². The Morgan fingerprint density at radius 1 is 0.968 bits per heavy atom. The molecule has 2 aromatic carbocycles. The Morgan fingerprint density at radius 2 is 1.68 bits per heavy atom. The van der Waals surface area contributed by atoms with Crippen LogP contribution in [0, 0.1) is 20.8 Å². The highest BCUT2D eigenvalue weighted by atomic mass is 79.9. The molecule has 0 atom stereocenters. The molecule has 1 amide bonds. The number of nitrogens with zero attached hydrogens (tertiary/aromatic N) is 4. The summed E-state index contributed by atoms with van der Waals surface area (Å²) in [5.41, 5.74) is 5.42. The summed E-state index contributed by atoms with van der Waals surface area (Å²) in [6.07, 6.45) is 0.804. The molecule has 0 aliphatic carbocycles. The largest absolute Gasteiger partial charge is 0.353 e. The van der Waals surface area contributed by atoms with Crippen molar-refractivity contribution in [3.05, 3.63) is 86.8 Å². The van der Waals surface area contributed by atoms with Gasteiger partial charge in [0.25, 0.3) is 5.91 Å². The predicted molar refractivity (Wildman–Crippen MR) is 128 cm³/mol. The zero-order valence-electron chi connectivity index (χ0n) is 18.2. The summed E-state index contributed by atoms with van der Waals surface area (Å²) in [5, 5.41) is 0. The molecule has 1 aliphatic heterocycles. The Hall–Kier alpha value is -2.73. The molecule has 1 saturated heterocycles. The predicted octanol–water partition coefficient (Wildman–Crippen LogP) is 4.72. The van der Waals surface area contributed by atoms with Crippen molar-refractivity contribution in [3.8, 4) is 0 Å². The third-order valence-electron chi connectivity index (χ3n) is 5.74. The zero-order chi connectivity index (χ0) is 22.0. The van der Waals surface area contributed by atoms with Gasteiger partial charge in [0.2, 0.25) is 0 Å². The smallest absolute Gasteiger partial charge is 0.254 e. The molecular weight excluding hydrogens is 452 g/mol. The first kappa shape index (κ1) is 21.5. The third kappa shape index (κ3) is 4.96. The van der Waals surface area contributed by atoms with Crippen LogP contribution in [-0.2, 0) is 6.42 Å². The Bertz CT molecular complexity index is 1090. The lowest BCUT2D eigenvalue weighted by atomic mass is 10.0. The number of anilines is 1. The number of hydrogen-bond donors (Lipinski definition) is 0. The number of carbonyl (C=O) groups is 1. The fraction of sp³-hybridized carbons (Fsp3) is 0.320. The van der Waals surface area contributed by atoms with Gasteiger partial charge in [-0.3, -0.25) is 4.79 Å². The van der Waals surface area contributed by atoms with E-state index in [4.69, 9.17) is 4.98 Å². The highest BCUT2D eigenvalue weighted by Gasteiger charge is 2.25. The first-order valence-corrected chi connectivity index (χ1v) is 11.4. The summed E-state index contributed by atoms with van der Waals surface area (Å²) in [6.45, 7) is 8.99. The minimum absolute atomic E-state index is 0.0795. The number of aromatic nitrogens is 2. The quantitative estimate of drug-likeness (QED) is 0.544. The SMILES string of the molecule is Cc1ccc(Cc2c(C)nc(C)nc2N2CCN(C(=O)c3cccc(Br)c3)CC2)cc1. The zero-order valence-corrected chi connectivity index (χ0v) is 19.8. The lowest BCUT2D eigenvalue weighted by molar-refractivity contribution is 0.0746. The molecule has 0 saturated carbocycles. The maximum absolute atomic E-state index is 12.9. The van der Waals surface area contributed by atoms with Gasteiger partial charge in [0.1, 0.15) is 11.6 Å². The number of piperazine rings is 1. The summed E-state index contributed by atoms with van der Waals surface area (Å²) >= 11 is 3.45. The van der Waals surface area contributed by atoms with Crippen molar-refractivity contribution >= 4 is 27.7 Å². The van der Waals surface area contributed by atoms with Crippen molar-refractivity contribution < 1.29 is 4.79 Å². The maximum Gasteiger partial charge on any atom is 0.254 e. The molecule has 6 heteroatoms. The van der Waals surface area contributed by atoms with Crippen LogP contribution in [0.4, 0.5) is 5.82 Å². The minimum Gasteiger partial charge on any atom is -0.353 e. The summed E-state index contributed by atoms with van der Waals surface area (Å²) in [6, 6.07) is 16.2. The molecule has 31 heavy (non-hydrogen) atoms. The van der Waals surface area contributed by atoms with E-state index in [-0.39, 0.29) is 5.91 Å². The molecule has 0 spiro atoms. The molecule has 3 aromatic rings. The van der Waals surface area contributed by atoms with E-state index in [0.29, 0.717) is 13.1 Å². The summed E-state index contributed by atoms with van der Waals surface area (Å²) in [7, 11) is 0. The van der Waals surface area contributed by atoms with E-state index in [1.807, 2.05) is 36.1 Å². The molecule has 160 valence electrons. The highest BCUT2D eigenvalue weighted by Crippen LogP contribution is 2.26. The Morgan fingerprint density at radius 3 is 2.35 bits per heavy atom. The monoisotopic (exact) mass is 478 g/mol. The van der Waals surface area contributed by atoms with Gasteiger partial charge in [-0.25, -0.2) is 9.97 Å². The van der Waals surface area contributed by atoms with Gasteiger partial charge in [0.15, 0.2) is 0 Å². The first-order chi connectivity index (χ1) is 14.9. The molecule has 1 aliphatic rings. The molecule has 2 heterocycles. The van der Waals surface area contributed by atoms with Gasteiger partial charge < -0.3 is 9.80 Å². The minimum atomic E-state index is 0.0795. The van der Waals surface area contributed by atoms with Crippen LogP contribution in [0.1, 0.15) is 38.6 Å². The molecule has 0 radical (unpaired) electrons. The van der Waals surface area contributed by atoms with Gasteiger partial charge in [0.05, 0.1) is 0 Å². The van der Waals surface area contributed by atoms with Crippen molar-refractivity contribution in [3.63, 3.8) is 0 Å². The van der Waals surface area contributed by atoms with Crippen molar-refractivity contribution in [2.24, 2.45) is 0 Å². The molecule has 0 N–H and O–H groups in total. The van der Waals surface area contributed by atoms with E-state index >= 15 is 0 Å². The van der Waals surface area contributed by atoms with Gasteiger partial charge in [-0.1, -0.05) is 51.8 Å². The van der Waals surface area contributed by atoms with Crippen LogP contribution in [0.5, 0.6) is 0 Å². The summed E-state index contributed by atoms with van der Waals surface area (Å²) in [4.78, 5) is 26.6. The van der Waals surface area contributed by atoms with E-state index in [1.54, 1.807) is 0 Å². The molecule has 1 aromatic heterocycles. The Labute approximate surface area is 192 Å². The van der Waals surface area contributed by atoms with Crippen molar-refractivity contribution in [2.75, 3.05) is 31.1 Å². The van der Waals surface area contributed by atoms with Crippen LogP contribution in [0.2, 0.25) is 0 Å². The normalized spacial score (nSPS) is 14.1. The van der Waals surface area contributed by atoms with Crippen molar-refractivity contribution in [2.45, 2.75) is 27.2 Å². The van der Waals surface area contributed by atoms with Crippen molar-refractivity contribution in [1.29, 1.82) is 0 Å². The molecule has 5 nitrogen and oxygen atoms in total. The van der Waals surface area contributed by atoms with Crippen LogP contribution >= 0.6 is 15.9 Å². The van der Waals surface area contributed by atoms with Gasteiger partial charge >= 0.3 is 0 Å². The highest BCUT2D eigenvalue weighted by molar-refractivity contribution is 9.10. The number of hydrogen-bond acceptors (Lipinski definition) is 4. The van der Waals surface area contributed by atoms with E-state index in [0.717, 1.165) is 46.9 Å². The lowest BCUT2D eigenvalue weighted by Crippen LogP contribution is -2.49. The van der Waals surface area contributed by atoms with Crippen LogP contribution in [0.3, 0.4) is 0 Å². The third-order valence-corrected chi connectivity index (χ3v) is 6.24. The molecule has 1 fully saturated rings. The van der Waals surface area contributed by atoms with E-state index in [1.165, 1.54) is 16.7 Å². The maximum atomic E-state index is 12.9. The second-order valence-corrected chi connectivity index (χ2v) is 9.03. The average Bonchev–Trinajstić information content (AvgIpc) is 2.76. The van der Waals surface area contributed by atoms with Gasteiger partial charge in [-0.15, -0.1) is 0 Å². The van der Waals surface area contributed by atoms with E-state index in [9.17, 15) is 4.79 Å². The summed E-state index contributed by atoms with van der Waals surface area (Å²) < 4.78 is 0.921. The fourth-order valence-corrected chi connectivity index (χ4v) is 4.42. The van der Waals surface area contributed by atoms with Gasteiger partial charge in [-0.05, 0) is 44.5 Å². The number of amides is 1. The molecule has 0 unspecified atom stereocenters. The van der Waals surface area contributed by atoms with Crippen LogP contribution in [-0.4, -0.2) is 47.0 Å². The molecule has 4 rings (SSSR count). The lowest BCUT2D eigenvalue weighted by Gasteiger charge is -2.36. The van der Waals surface area contributed by atoms with Crippen LogP contribution < -0.4 is 4.90 Å². The van der Waals surface area contributed by atoms with Crippen LogP contribution in [0.15, 0.2) is 53.0 Å². The molecule has 0 bridgehead atoms. The second-order valence-electron chi connectivity index (χ2n) is 8.11. The first-order valence-electron chi connectivity index (χ1n) is 10.6. The molecular formula is C25H27BrN4O. The number of carbonyl (C=O) groups excluding carboxylic acids is 1. The van der Waals surface area contributed by atoms with E-state index in [2.05, 4.69) is 63.9 Å². The van der Waals surface area contributed by atoms with Gasteiger partial charge in [-0.2, -0.15) is 0 Å². The Balaban J connectivity index is 1.52. The number of rotatable bonds is 4. The topological polar surface area (TPSA) is 49.3 Å². The van der Waals surface area contributed by atoms with E-state index < -0.39 is 0 Å². The fourth-order valence-electron chi connectivity index (χ4n) is 4.02. The number of halogens is 1. The summed E-state index contributed by atoms with van der Waals surface area (Å²) in [5.74, 6) is 1.86. The standard InChI is InChI=1S/C25H27BrN4O/c1-17-7-9-20(10-8-17)15-23-18(2)27-19(3)28-24(23)29-11-13-30(14-12-29)25(31)21-5-4-6-22(26)16-21/h4-10,16H,11-15H2,1-3H3. The second kappa shape index (κ2) is 9.18. The number of aryl methyl sites for hydroxylation is 3.